The zero-order valence-electron chi connectivity index (χ0n) is 12.8. The van der Waals surface area contributed by atoms with Crippen molar-refractivity contribution < 1.29 is 0 Å². The predicted molar refractivity (Wildman–Crippen MR) is 84.6 cm³/mol. The van der Waals surface area contributed by atoms with Crippen molar-refractivity contribution in [3.05, 3.63) is 41.0 Å². The molecule has 2 N–H and O–H groups in total. The molecular weight excluding hydrogens is 262 g/mol. The second kappa shape index (κ2) is 5.68. The number of rotatable bonds is 5. The fourth-order valence-corrected chi connectivity index (χ4v) is 2.26. The Balaban J connectivity index is 1.80. The lowest BCUT2D eigenvalue weighted by atomic mass is 10.2. The van der Waals surface area contributed by atoms with Crippen LogP contribution in [0.25, 0.3) is 0 Å². The quantitative estimate of drug-likeness (QED) is 0.883. The van der Waals surface area contributed by atoms with Crippen molar-refractivity contribution in [1.29, 1.82) is 0 Å². The van der Waals surface area contributed by atoms with E-state index in [1.165, 1.54) is 12.8 Å². The summed E-state index contributed by atoms with van der Waals surface area (Å²) in [5, 5.41) is 6.58. The van der Waals surface area contributed by atoms with E-state index >= 15 is 0 Å². The van der Waals surface area contributed by atoms with Gasteiger partial charge in [-0.25, -0.2) is 9.97 Å². The number of nitrogens with zero attached hydrogens (tertiary/aromatic N) is 3. The molecule has 110 valence electrons. The molecule has 0 bridgehead atoms. The smallest absolute Gasteiger partial charge is 0.136 e. The number of aromatic nitrogens is 3. The Morgan fingerprint density at radius 2 is 1.90 bits per heavy atom. The molecule has 2 heterocycles. The summed E-state index contributed by atoms with van der Waals surface area (Å²) in [7, 11) is 1.90. The van der Waals surface area contributed by atoms with Crippen LogP contribution in [0.1, 0.15) is 41.4 Å². The molecule has 0 amide bonds. The van der Waals surface area contributed by atoms with E-state index in [0.29, 0.717) is 5.92 Å². The van der Waals surface area contributed by atoms with E-state index in [1.807, 2.05) is 33.2 Å². The molecule has 3 rings (SSSR count). The van der Waals surface area contributed by atoms with E-state index in [-0.39, 0.29) is 0 Å². The summed E-state index contributed by atoms with van der Waals surface area (Å²) >= 11 is 0. The maximum absolute atomic E-state index is 4.69. The Kier molecular flexibility index (Phi) is 3.73. The van der Waals surface area contributed by atoms with E-state index in [9.17, 15) is 0 Å². The van der Waals surface area contributed by atoms with Crippen LogP contribution in [-0.2, 0) is 6.54 Å². The van der Waals surface area contributed by atoms with Gasteiger partial charge in [-0.3, -0.25) is 4.98 Å². The zero-order valence-corrected chi connectivity index (χ0v) is 12.8. The second-order valence-electron chi connectivity index (χ2n) is 5.59. The monoisotopic (exact) mass is 283 g/mol. The van der Waals surface area contributed by atoms with Crippen LogP contribution in [0.4, 0.5) is 11.6 Å². The Bertz CT molecular complexity index is 632. The van der Waals surface area contributed by atoms with Gasteiger partial charge in [-0.05, 0) is 38.3 Å². The van der Waals surface area contributed by atoms with Crippen molar-refractivity contribution in [3.63, 3.8) is 0 Å². The van der Waals surface area contributed by atoms with Crippen molar-refractivity contribution >= 4 is 11.6 Å². The number of aryl methyl sites for hydroxylation is 1. The highest BCUT2D eigenvalue weighted by Gasteiger charge is 2.28. The first kappa shape index (κ1) is 13.8. The SMILES string of the molecule is CNc1nc(C2CC2)nc(NCc2ccc(C)nc2)c1C. The largest absolute Gasteiger partial charge is 0.373 e. The van der Waals surface area contributed by atoms with E-state index < -0.39 is 0 Å². The van der Waals surface area contributed by atoms with Crippen molar-refractivity contribution in [2.75, 3.05) is 17.7 Å². The second-order valence-corrected chi connectivity index (χ2v) is 5.59. The number of pyridine rings is 1. The molecule has 0 atom stereocenters. The normalized spacial score (nSPS) is 14.0. The van der Waals surface area contributed by atoms with E-state index in [4.69, 9.17) is 4.98 Å². The summed E-state index contributed by atoms with van der Waals surface area (Å²) in [5.41, 5.74) is 3.24. The van der Waals surface area contributed by atoms with Gasteiger partial charge in [-0.2, -0.15) is 0 Å². The van der Waals surface area contributed by atoms with Gasteiger partial charge >= 0.3 is 0 Å². The maximum atomic E-state index is 4.69. The third kappa shape index (κ3) is 3.12. The van der Waals surface area contributed by atoms with E-state index in [2.05, 4.69) is 26.7 Å². The molecule has 1 fully saturated rings. The van der Waals surface area contributed by atoms with Crippen LogP contribution >= 0.6 is 0 Å². The molecule has 5 heteroatoms. The van der Waals surface area contributed by atoms with Crippen LogP contribution in [0.3, 0.4) is 0 Å². The highest BCUT2D eigenvalue weighted by Crippen LogP contribution is 2.39. The topological polar surface area (TPSA) is 62.7 Å². The number of nitrogens with one attached hydrogen (secondary N) is 2. The molecule has 0 spiro atoms. The van der Waals surface area contributed by atoms with Gasteiger partial charge in [-0.1, -0.05) is 6.07 Å². The molecule has 0 aromatic carbocycles. The fourth-order valence-electron chi connectivity index (χ4n) is 2.26. The van der Waals surface area contributed by atoms with Gasteiger partial charge < -0.3 is 10.6 Å². The lowest BCUT2D eigenvalue weighted by Crippen LogP contribution is -2.09. The fraction of sp³-hybridized carbons (Fsp3) is 0.438. The van der Waals surface area contributed by atoms with Gasteiger partial charge in [0.15, 0.2) is 0 Å². The average Bonchev–Trinajstić information content (AvgIpc) is 3.32. The average molecular weight is 283 g/mol. The Morgan fingerprint density at radius 1 is 1.14 bits per heavy atom. The third-order valence-electron chi connectivity index (χ3n) is 3.77. The van der Waals surface area contributed by atoms with Crippen molar-refractivity contribution in [1.82, 2.24) is 15.0 Å². The summed E-state index contributed by atoms with van der Waals surface area (Å²) in [4.78, 5) is 13.6. The van der Waals surface area contributed by atoms with Gasteiger partial charge in [0, 0.05) is 37.0 Å². The molecule has 0 unspecified atom stereocenters. The standard InChI is InChI=1S/C16H21N5/c1-10-4-5-12(8-18-10)9-19-15-11(2)14(17-3)20-16(21-15)13-6-7-13/h4-5,8,13H,6-7,9H2,1-3H3,(H2,17,19,20,21). The van der Waals surface area contributed by atoms with Crippen molar-refractivity contribution in [2.24, 2.45) is 0 Å². The van der Waals surface area contributed by atoms with Gasteiger partial charge in [0.25, 0.3) is 0 Å². The first-order valence-electron chi connectivity index (χ1n) is 7.39. The molecule has 1 aliphatic carbocycles. The van der Waals surface area contributed by atoms with Gasteiger partial charge in [0.2, 0.25) is 0 Å². The van der Waals surface area contributed by atoms with E-state index in [0.717, 1.165) is 40.8 Å². The molecule has 2 aromatic rings. The number of hydrogen-bond acceptors (Lipinski definition) is 5. The highest BCUT2D eigenvalue weighted by molar-refractivity contribution is 5.57. The van der Waals surface area contributed by atoms with E-state index in [1.54, 1.807) is 0 Å². The summed E-state index contributed by atoms with van der Waals surface area (Å²) in [6, 6.07) is 4.12. The molecule has 0 saturated heterocycles. The lowest BCUT2D eigenvalue weighted by molar-refractivity contribution is 0.912. The predicted octanol–water partition coefficient (Wildman–Crippen LogP) is 3.02. The Hall–Kier alpha value is -2.17. The molecule has 0 radical (unpaired) electrons. The summed E-state index contributed by atoms with van der Waals surface area (Å²) in [5.74, 6) is 3.32. The molecule has 1 aliphatic rings. The first-order chi connectivity index (χ1) is 10.2. The molecule has 21 heavy (non-hydrogen) atoms. The van der Waals surface area contributed by atoms with Gasteiger partial charge in [0.05, 0.1) is 0 Å². The zero-order chi connectivity index (χ0) is 14.8. The van der Waals surface area contributed by atoms with Crippen molar-refractivity contribution in [2.45, 2.75) is 39.2 Å². The summed E-state index contributed by atoms with van der Waals surface area (Å²) in [6.07, 6.45) is 4.31. The van der Waals surface area contributed by atoms with Crippen LogP contribution in [0, 0.1) is 13.8 Å². The third-order valence-corrected chi connectivity index (χ3v) is 3.77. The van der Waals surface area contributed by atoms with Crippen LogP contribution in [0.5, 0.6) is 0 Å². The summed E-state index contributed by atoms with van der Waals surface area (Å²) in [6.45, 7) is 4.75. The van der Waals surface area contributed by atoms with Crippen LogP contribution in [0.2, 0.25) is 0 Å². The highest BCUT2D eigenvalue weighted by atomic mass is 15.1. The number of anilines is 2. The molecule has 0 aliphatic heterocycles. The minimum absolute atomic E-state index is 0.541. The summed E-state index contributed by atoms with van der Waals surface area (Å²) < 4.78 is 0. The lowest BCUT2D eigenvalue weighted by Gasteiger charge is -2.13. The molecule has 2 aromatic heterocycles. The molecule has 1 saturated carbocycles. The van der Waals surface area contributed by atoms with Crippen LogP contribution < -0.4 is 10.6 Å². The minimum Gasteiger partial charge on any atom is -0.373 e. The minimum atomic E-state index is 0.541. The van der Waals surface area contributed by atoms with Crippen LogP contribution in [-0.4, -0.2) is 22.0 Å². The number of hydrogen-bond donors (Lipinski definition) is 2. The Labute approximate surface area is 125 Å². The molecule has 5 nitrogen and oxygen atoms in total. The molecular formula is C16H21N5. The van der Waals surface area contributed by atoms with Gasteiger partial charge in [0.1, 0.15) is 17.5 Å². The first-order valence-corrected chi connectivity index (χ1v) is 7.39. The van der Waals surface area contributed by atoms with Crippen molar-refractivity contribution in [3.8, 4) is 0 Å². The maximum Gasteiger partial charge on any atom is 0.136 e. The van der Waals surface area contributed by atoms with Gasteiger partial charge in [-0.15, -0.1) is 0 Å². The van der Waals surface area contributed by atoms with Crippen LogP contribution in [0.15, 0.2) is 18.3 Å². The Morgan fingerprint density at radius 3 is 2.52 bits per heavy atom.